The summed E-state index contributed by atoms with van der Waals surface area (Å²) in [7, 11) is 0. The van der Waals surface area contributed by atoms with Crippen LogP contribution in [0.1, 0.15) is 39.5 Å². The van der Waals surface area contributed by atoms with Crippen LogP contribution in [0.2, 0.25) is 0 Å². The number of para-hydroxylation sites is 1. The van der Waals surface area contributed by atoms with E-state index in [0.29, 0.717) is 21.8 Å². The monoisotopic (exact) mass is 460 g/mol. The van der Waals surface area contributed by atoms with Gasteiger partial charge in [0.25, 0.3) is 5.91 Å². The van der Waals surface area contributed by atoms with Crippen LogP contribution >= 0.6 is 11.3 Å². The number of allylic oxidation sites excluding steroid dienone is 1. The summed E-state index contributed by atoms with van der Waals surface area (Å²) in [4.78, 5) is 38.6. The number of anilines is 1. The van der Waals surface area contributed by atoms with E-state index in [4.69, 9.17) is 4.74 Å². The third-order valence-electron chi connectivity index (χ3n) is 5.05. The Balaban J connectivity index is 1.86. The SMILES string of the molecule is CCOC(=O)c1sc(CC(=O)/C(C#N)=C\[C@@H]2C(=O)N(c3ccccc3)N=C2C)c(C#N)c1C. The molecule has 0 saturated heterocycles. The van der Waals surface area contributed by atoms with E-state index in [1.807, 2.05) is 18.2 Å². The summed E-state index contributed by atoms with van der Waals surface area (Å²) >= 11 is 1.00. The second kappa shape index (κ2) is 10.0. The van der Waals surface area contributed by atoms with Crippen LogP contribution in [0.5, 0.6) is 0 Å². The van der Waals surface area contributed by atoms with Crippen molar-refractivity contribution in [2.45, 2.75) is 27.2 Å². The third kappa shape index (κ3) is 4.74. The normalized spacial score (nSPS) is 15.6. The first-order valence-electron chi connectivity index (χ1n) is 10.1. The highest BCUT2D eigenvalue weighted by Gasteiger charge is 2.34. The number of carbonyl (C=O) groups is 3. The number of amides is 1. The second-order valence-corrected chi connectivity index (χ2v) is 8.29. The number of benzene rings is 1. The lowest BCUT2D eigenvalue weighted by Gasteiger charge is -2.12. The van der Waals surface area contributed by atoms with E-state index < -0.39 is 17.7 Å². The van der Waals surface area contributed by atoms with E-state index >= 15 is 0 Å². The van der Waals surface area contributed by atoms with Gasteiger partial charge in [0.2, 0.25) is 0 Å². The summed E-state index contributed by atoms with van der Waals surface area (Å²) in [5.74, 6) is -2.33. The summed E-state index contributed by atoms with van der Waals surface area (Å²) in [5, 5.41) is 24.6. The van der Waals surface area contributed by atoms with E-state index in [1.54, 1.807) is 45.0 Å². The number of rotatable bonds is 7. The largest absolute Gasteiger partial charge is 0.462 e. The van der Waals surface area contributed by atoms with Crippen LogP contribution < -0.4 is 5.01 Å². The van der Waals surface area contributed by atoms with Crippen LogP contribution in [-0.4, -0.2) is 30.0 Å². The molecule has 1 aliphatic heterocycles. The molecule has 0 bridgehead atoms. The first kappa shape index (κ1) is 23.6. The highest BCUT2D eigenvalue weighted by atomic mass is 32.1. The van der Waals surface area contributed by atoms with Crippen molar-refractivity contribution in [3.63, 3.8) is 0 Å². The fourth-order valence-corrected chi connectivity index (χ4v) is 4.51. The van der Waals surface area contributed by atoms with Crippen molar-refractivity contribution >= 4 is 40.4 Å². The molecule has 0 radical (unpaired) electrons. The van der Waals surface area contributed by atoms with Crippen molar-refractivity contribution in [2.75, 3.05) is 11.6 Å². The quantitative estimate of drug-likeness (QED) is 0.352. The van der Waals surface area contributed by atoms with Crippen LogP contribution in [0.4, 0.5) is 5.69 Å². The van der Waals surface area contributed by atoms with Crippen LogP contribution in [-0.2, 0) is 20.7 Å². The summed E-state index contributed by atoms with van der Waals surface area (Å²) in [6, 6.07) is 12.7. The topological polar surface area (TPSA) is 124 Å². The predicted molar refractivity (Wildman–Crippen MR) is 123 cm³/mol. The number of hydrazone groups is 1. The highest BCUT2D eigenvalue weighted by molar-refractivity contribution is 7.14. The maximum atomic E-state index is 12.9. The molecule has 33 heavy (non-hydrogen) atoms. The molecule has 2 aromatic rings. The number of nitrogens with zero attached hydrogens (tertiary/aromatic N) is 4. The third-order valence-corrected chi connectivity index (χ3v) is 6.32. The summed E-state index contributed by atoms with van der Waals surface area (Å²) < 4.78 is 5.01. The maximum Gasteiger partial charge on any atom is 0.348 e. The zero-order valence-corrected chi connectivity index (χ0v) is 19.1. The van der Waals surface area contributed by atoms with Gasteiger partial charge in [-0.1, -0.05) is 18.2 Å². The smallest absolute Gasteiger partial charge is 0.348 e. The molecule has 1 aromatic carbocycles. The molecule has 0 saturated carbocycles. The molecule has 2 heterocycles. The van der Waals surface area contributed by atoms with Crippen molar-refractivity contribution in [3.8, 4) is 12.1 Å². The number of ketones is 1. The van der Waals surface area contributed by atoms with Crippen molar-refractivity contribution in [2.24, 2.45) is 11.0 Å². The number of hydrogen-bond donors (Lipinski definition) is 0. The van der Waals surface area contributed by atoms with E-state index in [1.165, 1.54) is 11.1 Å². The Bertz CT molecular complexity index is 1260. The van der Waals surface area contributed by atoms with Gasteiger partial charge in [-0.3, -0.25) is 9.59 Å². The van der Waals surface area contributed by atoms with Crippen molar-refractivity contribution in [1.29, 1.82) is 10.5 Å². The van der Waals surface area contributed by atoms with Crippen LogP contribution in [0.25, 0.3) is 0 Å². The molecule has 1 amide bonds. The molecule has 1 atom stereocenters. The van der Waals surface area contributed by atoms with Crippen LogP contribution in [0.3, 0.4) is 0 Å². The first-order chi connectivity index (χ1) is 15.8. The molecule has 1 aliphatic rings. The summed E-state index contributed by atoms with van der Waals surface area (Å²) in [6.07, 6.45) is 1.07. The Kier molecular flexibility index (Phi) is 7.17. The Morgan fingerprint density at radius 3 is 2.55 bits per heavy atom. The van der Waals surface area contributed by atoms with Gasteiger partial charge in [-0.15, -0.1) is 11.3 Å². The first-order valence-corrected chi connectivity index (χ1v) is 10.9. The molecule has 1 aromatic heterocycles. The number of esters is 1. The van der Waals surface area contributed by atoms with E-state index in [0.717, 1.165) is 11.3 Å². The Morgan fingerprint density at radius 2 is 1.94 bits per heavy atom. The molecule has 0 spiro atoms. The predicted octanol–water partition coefficient (Wildman–Crippen LogP) is 3.71. The zero-order chi connectivity index (χ0) is 24.1. The minimum absolute atomic E-state index is 0.184. The molecule has 0 fully saturated rings. The lowest BCUT2D eigenvalue weighted by atomic mass is 9.97. The van der Waals surface area contributed by atoms with Crippen molar-refractivity contribution < 1.29 is 19.1 Å². The molecule has 0 aliphatic carbocycles. The van der Waals surface area contributed by atoms with E-state index in [9.17, 15) is 24.9 Å². The van der Waals surface area contributed by atoms with Crippen molar-refractivity contribution in [3.05, 3.63) is 62.9 Å². The second-order valence-electron chi connectivity index (χ2n) is 7.18. The van der Waals surface area contributed by atoms with Gasteiger partial charge in [0.05, 0.1) is 35.1 Å². The summed E-state index contributed by atoms with van der Waals surface area (Å²) in [5.41, 5.74) is 1.50. The fraction of sp³-hybridized carbons (Fsp3) is 0.250. The van der Waals surface area contributed by atoms with Gasteiger partial charge < -0.3 is 4.74 Å². The Morgan fingerprint density at radius 1 is 1.24 bits per heavy atom. The lowest BCUT2D eigenvalue weighted by Crippen LogP contribution is -2.26. The molecular weight excluding hydrogens is 440 g/mol. The number of thiophene rings is 1. The lowest BCUT2D eigenvalue weighted by molar-refractivity contribution is -0.118. The average molecular weight is 461 g/mol. The molecule has 0 N–H and O–H groups in total. The van der Waals surface area contributed by atoms with Gasteiger partial charge in [-0.25, -0.2) is 4.79 Å². The molecule has 9 heteroatoms. The summed E-state index contributed by atoms with van der Waals surface area (Å²) in [6.45, 7) is 5.13. The number of nitriles is 2. The zero-order valence-electron chi connectivity index (χ0n) is 18.3. The van der Waals surface area contributed by atoms with Gasteiger partial charge in [0, 0.05) is 11.3 Å². The molecule has 166 valence electrons. The van der Waals surface area contributed by atoms with Gasteiger partial charge in [-0.2, -0.15) is 20.6 Å². The van der Waals surface area contributed by atoms with Gasteiger partial charge in [0.15, 0.2) is 5.78 Å². The molecule has 0 unspecified atom stereocenters. The molecule has 8 nitrogen and oxygen atoms in total. The van der Waals surface area contributed by atoms with Gasteiger partial charge in [-0.05, 0) is 44.5 Å². The Labute approximate surface area is 195 Å². The number of carbonyl (C=O) groups excluding carboxylic acids is 3. The van der Waals surface area contributed by atoms with Gasteiger partial charge in [0.1, 0.15) is 17.0 Å². The number of Topliss-reactive ketones (excluding diaryl/α,β-unsaturated/α-hetero) is 1. The number of hydrogen-bond acceptors (Lipinski definition) is 8. The fourth-order valence-electron chi connectivity index (χ4n) is 3.36. The number of ether oxygens (including phenoxy) is 1. The standard InChI is InChI=1S/C24H20N4O4S/c1-4-32-24(31)22-14(2)19(13-26)21(33-22)11-20(29)16(12-25)10-18-15(3)27-28(23(18)30)17-8-6-5-7-9-17/h5-10,18H,4,11H2,1-3H3/b16-10-/t18-/m0/s1. The van der Waals surface area contributed by atoms with Gasteiger partial charge >= 0.3 is 5.97 Å². The maximum absolute atomic E-state index is 12.9. The van der Waals surface area contributed by atoms with Crippen LogP contribution in [0.15, 0.2) is 47.1 Å². The van der Waals surface area contributed by atoms with Crippen LogP contribution in [0, 0.1) is 35.5 Å². The minimum Gasteiger partial charge on any atom is -0.462 e. The van der Waals surface area contributed by atoms with E-state index in [-0.39, 0.29) is 34.9 Å². The van der Waals surface area contributed by atoms with Crippen molar-refractivity contribution in [1.82, 2.24) is 0 Å². The highest BCUT2D eigenvalue weighted by Crippen LogP contribution is 2.30. The average Bonchev–Trinajstić information content (AvgIpc) is 3.27. The molecule has 3 rings (SSSR count). The van der Waals surface area contributed by atoms with E-state index in [2.05, 4.69) is 5.10 Å². The Hall–Kier alpha value is -4.08. The minimum atomic E-state index is -0.848. The molecular formula is C24H20N4O4S.